The van der Waals surface area contributed by atoms with Gasteiger partial charge in [0.15, 0.2) is 17.3 Å². The van der Waals surface area contributed by atoms with Crippen LogP contribution in [0.3, 0.4) is 0 Å². The largest absolute Gasteiger partial charge is 0.508 e. The van der Waals surface area contributed by atoms with E-state index in [-0.39, 0.29) is 34.1 Å². The number of para-hydroxylation sites is 1. The van der Waals surface area contributed by atoms with Gasteiger partial charge in [0.25, 0.3) is 0 Å². The Bertz CT molecular complexity index is 689. The fourth-order valence-electron chi connectivity index (χ4n) is 1.66. The molecule has 0 radical (unpaired) electrons. The van der Waals surface area contributed by atoms with Crippen molar-refractivity contribution in [2.24, 2.45) is 0 Å². The predicted octanol–water partition coefficient (Wildman–Crippen LogP) is 2.41. The van der Waals surface area contributed by atoms with Crippen molar-refractivity contribution >= 4 is 11.9 Å². The van der Waals surface area contributed by atoms with Crippen molar-refractivity contribution in [2.75, 3.05) is 0 Å². The number of benzene rings is 2. The maximum Gasteiger partial charge on any atom is 0.189 e. The summed E-state index contributed by atoms with van der Waals surface area (Å²) in [5, 5.41) is 37.7. The first kappa shape index (κ1) is 13.5. The molecule has 5 nitrogen and oxygen atoms in total. The molecule has 0 saturated carbocycles. The smallest absolute Gasteiger partial charge is 0.189 e. The van der Waals surface area contributed by atoms with Gasteiger partial charge in [0.05, 0.1) is 5.56 Å². The van der Waals surface area contributed by atoms with Crippen molar-refractivity contribution in [2.45, 2.75) is 0 Å². The fourth-order valence-corrected chi connectivity index (χ4v) is 1.66. The van der Waals surface area contributed by atoms with Crippen LogP contribution in [0.5, 0.6) is 23.0 Å². The van der Waals surface area contributed by atoms with Crippen LogP contribution in [0, 0.1) is 0 Å². The van der Waals surface area contributed by atoms with Crippen LogP contribution in [0.2, 0.25) is 0 Å². The summed E-state index contributed by atoms with van der Waals surface area (Å²) in [6.45, 7) is 0. The van der Waals surface area contributed by atoms with Crippen LogP contribution in [0.4, 0.5) is 0 Å². The Balaban J connectivity index is 2.29. The third-order valence-electron chi connectivity index (χ3n) is 2.71. The molecule has 0 amide bonds. The number of hydrogen-bond donors (Lipinski definition) is 4. The Morgan fingerprint density at radius 1 is 0.950 bits per heavy atom. The fraction of sp³-hybridized carbons (Fsp3) is 0. The van der Waals surface area contributed by atoms with Gasteiger partial charge >= 0.3 is 0 Å². The SMILES string of the molecule is O=C(/C=C/c1cccc(O)c1O)c1cc(O)ccc1O. The molecular weight excluding hydrogens is 260 g/mol. The van der Waals surface area contributed by atoms with Gasteiger partial charge < -0.3 is 20.4 Å². The van der Waals surface area contributed by atoms with Crippen molar-refractivity contribution in [3.8, 4) is 23.0 Å². The Morgan fingerprint density at radius 3 is 2.45 bits per heavy atom. The molecule has 2 aromatic rings. The Kier molecular flexibility index (Phi) is 3.61. The van der Waals surface area contributed by atoms with Crippen molar-refractivity contribution in [3.05, 3.63) is 53.6 Å². The number of aromatic hydroxyl groups is 4. The molecule has 0 aliphatic rings. The molecule has 4 N–H and O–H groups in total. The molecule has 0 heterocycles. The van der Waals surface area contributed by atoms with Crippen molar-refractivity contribution in [1.82, 2.24) is 0 Å². The van der Waals surface area contributed by atoms with Gasteiger partial charge in [-0.15, -0.1) is 0 Å². The number of allylic oxidation sites excluding steroid dienone is 1. The second kappa shape index (κ2) is 5.36. The standard InChI is InChI=1S/C15H12O5/c16-10-5-7-13(18)11(8-10)12(17)6-4-9-2-1-3-14(19)15(9)20/h1-8,16,18-20H/b6-4+. The molecule has 0 unspecified atom stereocenters. The number of ketones is 1. The molecular formula is C15H12O5. The van der Waals surface area contributed by atoms with Crippen molar-refractivity contribution in [3.63, 3.8) is 0 Å². The molecule has 20 heavy (non-hydrogen) atoms. The molecule has 0 fully saturated rings. The third kappa shape index (κ3) is 2.72. The molecule has 5 heteroatoms. The van der Waals surface area contributed by atoms with Gasteiger partial charge in [-0.3, -0.25) is 4.79 Å². The van der Waals surface area contributed by atoms with Gasteiger partial charge in [0.2, 0.25) is 0 Å². The maximum atomic E-state index is 11.9. The first-order chi connectivity index (χ1) is 9.49. The zero-order valence-electron chi connectivity index (χ0n) is 10.3. The van der Waals surface area contributed by atoms with Crippen molar-refractivity contribution < 1.29 is 25.2 Å². The highest BCUT2D eigenvalue weighted by atomic mass is 16.3. The summed E-state index contributed by atoms with van der Waals surface area (Å²) in [4.78, 5) is 11.9. The number of phenolic OH excluding ortho intramolecular Hbond substituents is 4. The lowest BCUT2D eigenvalue weighted by molar-refractivity contribution is 0.104. The van der Waals surface area contributed by atoms with Crippen LogP contribution in [0.25, 0.3) is 6.08 Å². The van der Waals surface area contributed by atoms with E-state index in [1.165, 1.54) is 36.4 Å². The van der Waals surface area contributed by atoms with E-state index in [1.54, 1.807) is 0 Å². The van der Waals surface area contributed by atoms with Crippen LogP contribution < -0.4 is 0 Å². The number of rotatable bonds is 3. The Labute approximate surface area is 114 Å². The van der Waals surface area contributed by atoms with Gasteiger partial charge in [-0.05, 0) is 36.4 Å². The lowest BCUT2D eigenvalue weighted by Gasteiger charge is -2.02. The van der Waals surface area contributed by atoms with Crippen LogP contribution in [0.1, 0.15) is 15.9 Å². The van der Waals surface area contributed by atoms with E-state index in [1.807, 2.05) is 0 Å². The minimum absolute atomic E-state index is 0.0547. The molecule has 2 aromatic carbocycles. The highest BCUT2D eigenvalue weighted by molar-refractivity contribution is 6.08. The number of carbonyl (C=O) groups is 1. The predicted molar refractivity (Wildman–Crippen MR) is 72.9 cm³/mol. The molecule has 102 valence electrons. The van der Waals surface area contributed by atoms with Gasteiger partial charge in [-0.2, -0.15) is 0 Å². The second-order valence-corrected chi connectivity index (χ2v) is 4.11. The van der Waals surface area contributed by atoms with E-state index in [4.69, 9.17) is 0 Å². The summed E-state index contributed by atoms with van der Waals surface area (Å²) < 4.78 is 0. The summed E-state index contributed by atoms with van der Waals surface area (Å²) in [6.07, 6.45) is 2.43. The summed E-state index contributed by atoms with van der Waals surface area (Å²) in [5.74, 6) is -1.56. The average Bonchev–Trinajstić information content (AvgIpc) is 2.43. The quantitative estimate of drug-likeness (QED) is 0.298. The molecule has 2 rings (SSSR count). The molecule has 0 saturated heterocycles. The van der Waals surface area contributed by atoms with Gasteiger partial charge in [0.1, 0.15) is 11.5 Å². The Hall–Kier alpha value is -2.95. The van der Waals surface area contributed by atoms with Crippen LogP contribution in [0.15, 0.2) is 42.5 Å². The van der Waals surface area contributed by atoms with Crippen molar-refractivity contribution in [1.29, 1.82) is 0 Å². The minimum atomic E-state index is -0.541. The minimum Gasteiger partial charge on any atom is -0.508 e. The molecule has 0 aromatic heterocycles. The number of phenols is 4. The highest BCUT2D eigenvalue weighted by Crippen LogP contribution is 2.29. The van der Waals surface area contributed by atoms with E-state index in [2.05, 4.69) is 0 Å². The Morgan fingerprint density at radius 2 is 1.70 bits per heavy atom. The molecule has 0 aliphatic heterocycles. The zero-order valence-corrected chi connectivity index (χ0v) is 10.3. The van der Waals surface area contributed by atoms with E-state index < -0.39 is 5.78 Å². The first-order valence-corrected chi connectivity index (χ1v) is 5.74. The van der Waals surface area contributed by atoms with Crippen LogP contribution >= 0.6 is 0 Å². The first-order valence-electron chi connectivity index (χ1n) is 5.74. The molecule has 0 bridgehead atoms. The van der Waals surface area contributed by atoms with Crippen LogP contribution in [-0.4, -0.2) is 26.2 Å². The number of hydrogen-bond acceptors (Lipinski definition) is 5. The number of carbonyl (C=O) groups excluding carboxylic acids is 1. The lowest BCUT2D eigenvalue weighted by atomic mass is 10.1. The summed E-state index contributed by atoms with van der Waals surface area (Å²) in [6, 6.07) is 7.96. The highest BCUT2D eigenvalue weighted by Gasteiger charge is 2.10. The molecule has 0 spiro atoms. The van der Waals surface area contributed by atoms with E-state index in [9.17, 15) is 25.2 Å². The van der Waals surface area contributed by atoms with E-state index in [0.717, 1.165) is 12.1 Å². The summed E-state index contributed by atoms with van der Waals surface area (Å²) in [7, 11) is 0. The summed E-state index contributed by atoms with van der Waals surface area (Å²) in [5.41, 5.74) is 0.207. The van der Waals surface area contributed by atoms with Gasteiger partial charge in [-0.25, -0.2) is 0 Å². The topological polar surface area (TPSA) is 98.0 Å². The third-order valence-corrected chi connectivity index (χ3v) is 2.71. The van der Waals surface area contributed by atoms with Crippen LogP contribution in [-0.2, 0) is 0 Å². The maximum absolute atomic E-state index is 11.9. The lowest BCUT2D eigenvalue weighted by Crippen LogP contribution is -1.94. The summed E-state index contributed by atoms with van der Waals surface area (Å²) >= 11 is 0. The average molecular weight is 272 g/mol. The second-order valence-electron chi connectivity index (χ2n) is 4.11. The normalized spacial score (nSPS) is 10.8. The molecule has 0 aliphatic carbocycles. The van der Waals surface area contributed by atoms with E-state index in [0.29, 0.717) is 0 Å². The van der Waals surface area contributed by atoms with Gasteiger partial charge in [-0.1, -0.05) is 12.1 Å². The monoisotopic (exact) mass is 272 g/mol. The van der Waals surface area contributed by atoms with Gasteiger partial charge in [0, 0.05) is 5.56 Å². The molecule has 0 atom stereocenters. The zero-order chi connectivity index (χ0) is 14.7. The van der Waals surface area contributed by atoms with E-state index >= 15 is 0 Å².